The number of hydrogen-bond donors (Lipinski definition) is 2. The number of carboxylic acid groups (broad SMARTS) is 1. The van der Waals surface area contributed by atoms with Crippen LogP contribution in [-0.2, 0) is 14.8 Å². The summed E-state index contributed by atoms with van der Waals surface area (Å²) in [4.78, 5) is 13.1. The minimum Gasteiger partial charge on any atom is -0.480 e. The molecule has 0 fully saturated rings. The molecule has 6 nitrogen and oxygen atoms in total. The largest absolute Gasteiger partial charge is 0.480 e. The number of nitrogens with one attached hydrogen (secondary N) is 1. The summed E-state index contributed by atoms with van der Waals surface area (Å²) < 4.78 is 37.0. The van der Waals surface area contributed by atoms with E-state index >= 15 is 0 Å². The number of carbonyl (C=O) groups is 1. The van der Waals surface area contributed by atoms with Crippen molar-refractivity contribution in [1.82, 2.24) is 9.71 Å². The molecule has 0 aliphatic carbocycles. The zero-order valence-corrected chi connectivity index (χ0v) is 8.16. The Balaban J connectivity index is 2.91. The van der Waals surface area contributed by atoms with E-state index in [1.54, 1.807) is 4.72 Å². The molecule has 0 aliphatic rings. The number of nitrogens with zero attached hydrogens (tertiary/aromatic N) is 1. The van der Waals surface area contributed by atoms with Crippen LogP contribution in [0, 0.1) is 5.82 Å². The first kappa shape index (κ1) is 11.5. The standard InChI is InChI=1S/C7H7FN2O4S/c8-5-1-6(3-9-2-5)15(13,14)10-4-7(11)12/h1-3,10H,4H2,(H,11,12). The molecule has 1 aromatic heterocycles. The van der Waals surface area contributed by atoms with Crippen molar-refractivity contribution >= 4 is 16.0 Å². The summed E-state index contributed by atoms with van der Waals surface area (Å²) in [6.07, 6.45) is 1.77. The molecule has 1 heterocycles. The summed E-state index contributed by atoms with van der Waals surface area (Å²) >= 11 is 0. The van der Waals surface area contributed by atoms with Crippen molar-refractivity contribution in [1.29, 1.82) is 0 Å². The van der Waals surface area contributed by atoms with E-state index < -0.39 is 33.3 Å². The second-order valence-corrected chi connectivity index (χ2v) is 4.32. The molecule has 2 N–H and O–H groups in total. The van der Waals surface area contributed by atoms with Crippen LogP contribution in [0.2, 0.25) is 0 Å². The molecule has 0 spiro atoms. The van der Waals surface area contributed by atoms with Crippen molar-refractivity contribution < 1.29 is 22.7 Å². The maximum absolute atomic E-state index is 12.6. The Morgan fingerprint density at radius 1 is 1.53 bits per heavy atom. The van der Waals surface area contributed by atoms with E-state index in [1.807, 2.05) is 0 Å². The molecule has 0 unspecified atom stereocenters. The van der Waals surface area contributed by atoms with Gasteiger partial charge < -0.3 is 5.11 Å². The van der Waals surface area contributed by atoms with Crippen LogP contribution in [-0.4, -0.2) is 31.0 Å². The van der Waals surface area contributed by atoms with Crippen LogP contribution in [0.3, 0.4) is 0 Å². The van der Waals surface area contributed by atoms with E-state index in [-0.39, 0.29) is 0 Å². The highest BCUT2D eigenvalue weighted by Crippen LogP contribution is 2.07. The molecule has 82 valence electrons. The van der Waals surface area contributed by atoms with Crippen LogP contribution in [0.5, 0.6) is 0 Å². The average molecular weight is 234 g/mol. The van der Waals surface area contributed by atoms with Crippen LogP contribution in [0.4, 0.5) is 4.39 Å². The van der Waals surface area contributed by atoms with Gasteiger partial charge in [-0.2, -0.15) is 4.72 Å². The fourth-order valence-electron chi connectivity index (χ4n) is 0.779. The van der Waals surface area contributed by atoms with E-state index in [1.165, 1.54) is 0 Å². The molecule has 1 aromatic rings. The molecule has 0 aliphatic heterocycles. The van der Waals surface area contributed by atoms with Gasteiger partial charge in [0.2, 0.25) is 10.0 Å². The molecular weight excluding hydrogens is 227 g/mol. The zero-order chi connectivity index (χ0) is 11.5. The quantitative estimate of drug-likeness (QED) is 0.737. The van der Waals surface area contributed by atoms with Gasteiger partial charge in [-0.25, -0.2) is 12.8 Å². The summed E-state index contributed by atoms with van der Waals surface area (Å²) in [5.41, 5.74) is 0. The Bertz CT molecular complexity index is 474. The maximum atomic E-state index is 12.6. The Morgan fingerprint density at radius 3 is 2.73 bits per heavy atom. The van der Waals surface area contributed by atoms with Crippen LogP contribution < -0.4 is 4.72 Å². The van der Waals surface area contributed by atoms with E-state index in [4.69, 9.17) is 5.11 Å². The second-order valence-electron chi connectivity index (χ2n) is 2.56. The highest BCUT2D eigenvalue weighted by molar-refractivity contribution is 7.89. The second kappa shape index (κ2) is 4.32. The third kappa shape index (κ3) is 3.26. The first-order chi connectivity index (χ1) is 6.92. The lowest BCUT2D eigenvalue weighted by atomic mass is 10.5. The Labute approximate surface area is 84.8 Å². The van der Waals surface area contributed by atoms with Gasteiger partial charge in [0.25, 0.3) is 0 Å². The normalized spacial score (nSPS) is 11.3. The molecule has 8 heteroatoms. The van der Waals surface area contributed by atoms with Gasteiger partial charge in [0.05, 0.1) is 6.20 Å². The van der Waals surface area contributed by atoms with Crippen molar-refractivity contribution in [3.63, 3.8) is 0 Å². The highest BCUT2D eigenvalue weighted by atomic mass is 32.2. The van der Waals surface area contributed by atoms with Gasteiger partial charge in [0, 0.05) is 6.20 Å². The summed E-state index contributed by atoms with van der Waals surface area (Å²) in [6.45, 7) is -0.765. The Hall–Kier alpha value is -1.54. The molecule has 15 heavy (non-hydrogen) atoms. The van der Waals surface area contributed by atoms with Crippen LogP contribution in [0.15, 0.2) is 23.4 Å². The third-order valence-electron chi connectivity index (χ3n) is 1.40. The SMILES string of the molecule is O=C(O)CNS(=O)(=O)c1cncc(F)c1. The first-order valence-corrected chi connectivity index (χ1v) is 5.22. The van der Waals surface area contributed by atoms with Crippen LogP contribution in [0.1, 0.15) is 0 Å². The number of aromatic nitrogens is 1. The topological polar surface area (TPSA) is 96.4 Å². The fourth-order valence-corrected chi connectivity index (χ4v) is 1.73. The van der Waals surface area contributed by atoms with Crippen LogP contribution >= 0.6 is 0 Å². The molecular formula is C7H7FN2O4S. The number of carboxylic acids is 1. The molecule has 0 atom stereocenters. The Morgan fingerprint density at radius 2 is 2.20 bits per heavy atom. The number of pyridine rings is 1. The van der Waals surface area contributed by atoms with Crippen molar-refractivity contribution in [2.24, 2.45) is 0 Å². The molecule has 0 radical (unpaired) electrons. The van der Waals surface area contributed by atoms with E-state index in [0.29, 0.717) is 0 Å². The van der Waals surface area contributed by atoms with Crippen LogP contribution in [0.25, 0.3) is 0 Å². The fraction of sp³-hybridized carbons (Fsp3) is 0.143. The van der Waals surface area contributed by atoms with Crippen molar-refractivity contribution in [3.8, 4) is 0 Å². The van der Waals surface area contributed by atoms with Gasteiger partial charge in [-0.15, -0.1) is 0 Å². The van der Waals surface area contributed by atoms with Gasteiger partial charge in [0.1, 0.15) is 17.3 Å². The number of aliphatic carboxylic acids is 1. The van der Waals surface area contributed by atoms with E-state index in [0.717, 1.165) is 18.5 Å². The molecule has 0 aromatic carbocycles. The number of rotatable bonds is 4. The number of sulfonamides is 1. The third-order valence-corrected chi connectivity index (χ3v) is 2.77. The minimum atomic E-state index is -4.01. The highest BCUT2D eigenvalue weighted by Gasteiger charge is 2.15. The van der Waals surface area contributed by atoms with Crippen molar-refractivity contribution in [2.75, 3.05) is 6.54 Å². The maximum Gasteiger partial charge on any atom is 0.318 e. The molecule has 0 bridgehead atoms. The smallest absolute Gasteiger partial charge is 0.318 e. The van der Waals surface area contributed by atoms with E-state index in [2.05, 4.69) is 4.98 Å². The first-order valence-electron chi connectivity index (χ1n) is 3.74. The average Bonchev–Trinajstić information content (AvgIpc) is 2.15. The van der Waals surface area contributed by atoms with Crippen molar-refractivity contribution in [2.45, 2.75) is 4.90 Å². The van der Waals surface area contributed by atoms with E-state index in [9.17, 15) is 17.6 Å². The van der Waals surface area contributed by atoms with Gasteiger partial charge in [0.15, 0.2) is 0 Å². The minimum absolute atomic E-state index is 0.413. The van der Waals surface area contributed by atoms with Gasteiger partial charge >= 0.3 is 5.97 Å². The Kier molecular flexibility index (Phi) is 3.32. The molecule has 0 saturated carbocycles. The predicted octanol–water partition coefficient (Wildman–Crippen LogP) is -0.416. The lowest BCUT2D eigenvalue weighted by Crippen LogP contribution is -2.29. The molecule has 0 amide bonds. The van der Waals surface area contributed by atoms with Gasteiger partial charge in [-0.3, -0.25) is 9.78 Å². The number of halogens is 1. The number of hydrogen-bond acceptors (Lipinski definition) is 4. The summed E-state index contributed by atoms with van der Waals surface area (Å²) in [7, 11) is -4.01. The monoisotopic (exact) mass is 234 g/mol. The lowest BCUT2D eigenvalue weighted by Gasteiger charge is -2.03. The zero-order valence-electron chi connectivity index (χ0n) is 7.34. The van der Waals surface area contributed by atoms with Gasteiger partial charge in [-0.1, -0.05) is 0 Å². The van der Waals surface area contributed by atoms with Crippen molar-refractivity contribution in [3.05, 3.63) is 24.3 Å². The predicted molar refractivity (Wildman–Crippen MR) is 47.0 cm³/mol. The summed E-state index contributed by atoms with van der Waals surface area (Å²) in [6, 6.07) is 0.747. The lowest BCUT2D eigenvalue weighted by molar-refractivity contribution is -0.135. The summed E-state index contributed by atoms with van der Waals surface area (Å²) in [5, 5.41) is 8.26. The van der Waals surface area contributed by atoms with Gasteiger partial charge in [-0.05, 0) is 6.07 Å². The molecule has 0 saturated heterocycles. The summed E-state index contributed by atoms with van der Waals surface area (Å²) in [5.74, 6) is -2.14. The molecule has 1 rings (SSSR count).